The summed E-state index contributed by atoms with van der Waals surface area (Å²) < 4.78 is 18.6. The Morgan fingerprint density at radius 3 is 2.50 bits per heavy atom. The number of rotatable bonds is 6. The summed E-state index contributed by atoms with van der Waals surface area (Å²) in [5, 5.41) is 0.679. The highest BCUT2D eigenvalue weighted by Gasteiger charge is 2.22. The van der Waals surface area contributed by atoms with Gasteiger partial charge in [-0.3, -0.25) is 9.59 Å². The van der Waals surface area contributed by atoms with Crippen molar-refractivity contribution in [3.63, 3.8) is 0 Å². The van der Waals surface area contributed by atoms with E-state index in [2.05, 4.69) is 4.90 Å². The fraction of sp³-hybridized carbons (Fsp3) is 0.333. The molecule has 1 heterocycles. The van der Waals surface area contributed by atoms with E-state index in [9.17, 15) is 14.0 Å². The number of hydrogen-bond donors (Lipinski definition) is 0. The van der Waals surface area contributed by atoms with Crippen molar-refractivity contribution in [2.24, 2.45) is 0 Å². The summed E-state index contributed by atoms with van der Waals surface area (Å²) in [4.78, 5) is 28.0. The topological polar surface area (TPSA) is 49.9 Å². The van der Waals surface area contributed by atoms with Gasteiger partial charge in [0.05, 0.1) is 0 Å². The zero-order valence-electron chi connectivity index (χ0n) is 15.4. The second-order valence-electron chi connectivity index (χ2n) is 6.60. The molecule has 1 aliphatic heterocycles. The first-order valence-corrected chi connectivity index (χ1v) is 9.58. The molecule has 2 aromatic carbocycles. The van der Waals surface area contributed by atoms with Crippen LogP contribution in [-0.2, 0) is 20.7 Å². The number of carbonyl (C=O) groups excluding carboxylic acids is 2. The molecular weight excluding hydrogens is 383 g/mol. The Kier molecular flexibility index (Phi) is 6.87. The number of hydrogen-bond acceptors (Lipinski definition) is 4. The Morgan fingerprint density at radius 1 is 1.04 bits per heavy atom. The number of esters is 1. The van der Waals surface area contributed by atoms with Crippen molar-refractivity contribution in [2.75, 3.05) is 37.7 Å². The van der Waals surface area contributed by atoms with Crippen molar-refractivity contribution in [2.45, 2.75) is 12.8 Å². The van der Waals surface area contributed by atoms with E-state index < -0.39 is 5.97 Å². The Morgan fingerprint density at radius 2 is 1.79 bits per heavy atom. The largest absolute Gasteiger partial charge is 0.456 e. The lowest BCUT2D eigenvalue weighted by molar-refractivity contribution is -0.152. The molecule has 5 nitrogen and oxygen atoms in total. The van der Waals surface area contributed by atoms with Crippen LogP contribution >= 0.6 is 11.6 Å². The molecule has 0 unspecified atom stereocenters. The predicted octanol–water partition coefficient (Wildman–Crippen LogP) is 3.30. The minimum Gasteiger partial charge on any atom is -0.456 e. The summed E-state index contributed by atoms with van der Waals surface area (Å²) in [5.74, 6) is -1.07. The molecule has 0 N–H and O–H groups in total. The van der Waals surface area contributed by atoms with E-state index in [0.29, 0.717) is 36.8 Å². The Labute approximate surface area is 168 Å². The smallest absolute Gasteiger partial charge is 0.306 e. The number of piperazine rings is 1. The fourth-order valence-electron chi connectivity index (χ4n) is 3.13. The van der Waals surface area contributed by atoms with Crippen molar-refractivity contribution >= 4 is 29.2 Å². The highest BCUT2D eigenvalue weighted by atomic mass is 35.5. The second kappa shape index (κ2) is 9.55. The molecule has 0 radical (unpaired) electrons. The number of benzene rings is 2. The molecule has 1 amide bonds. The molecule has 0 aliphatic carbocycles. The van der Waals surface area contributed by atoms with Gasteiger partial charge in [-0.05, 0) is 36.2 Å². The number of carbonyl (C=O) groups is 2. The van der Waals surface area contributed by atoms with E-state index in [-0.39, 0.29) is 31.2 Å². The van der Waals surface area contributed by atoms with Crippen LogP contribution in [0.3, 0.4) is 0 Å². The summed E-state index contributed by atoms with van der Waals surface area (Å²) in [7, 11) is 0. The summed E-state index contributed by atoms with van der Waals surface area (Å²) >= 11 is 6.03. The molecule has 1 fully saturated rings. The van der Waals surface area contributed by atoms with Crippen molar-refractivity contribution < 1.29 is 18.7 Å². The third kappa shape index (κ3) is 5.45. The molecule has 0 bridgehead atoms. The molecule has 0 aromatic heterocycles. The number of aryl methyl sites for hydroxylation is 1. The zero-order chi connectivity index (χ0) is 19.9. The molecule has 1 aliphatic rings. The minimum atomic E-state index is -0.505. The fourth-order valence-corrected chi connectivity index (χ4v) is 3.31. The molecular formula is C21H22ClFN2O3. The quantitative estimate of drug-likeness (QED) is 0.693. The van der Waals surface area contributed by atoms with Gasteiger partial charge in [-0.2, -0.15) is 0 Å². The van der Waals surface area contributed by atoms with Crippen LogP contribution in [0.4, 0.5) is 10.1 Å². The molecule has 7 heteroatoms. The third-order valence-corrected chi connectivity index (χ3v) is 4.95. The maximum atomic E-state index is 13.5. The standard InChI is InChI=1S/C21H22ClFN2O3/c22-17-5-3-6-18(14-17)24-10-12-25(13-11-24)20(26)15-28-21(27)9-8-16-4-1-2-7-19(16)23/h1-7,14H,8-13,15H2. The average molecular weight is 405 g/mol. The molecule has 0 atom stereocenters. The Bertz CT molecular complexity index is 838. The number of ether oxygens (including phenoxy) is 1. The molecule has 0 spiro atoms. The first kappa shape index (κ1) is 20.1. The SMILES string of the molecule is O=C(CCc1ccccc1F)OCC(=O)N1CCN(c2cccc(Cl)c2)CC1. The number of amides is 1. The lowest BCUT2D eigenvalue weighted by Gasteiger charge is -2.36. The van der Waals surface area contributed by atoms with Crippen molar-refractivity contribution in [3.05, 3.63) is 64.9 Å². The van der Waals surface area contributed by atoms with E-state index in [1.54, 1.807) is 23.1 Å². The van der Waals surface area contributed by atoms with Gasteiger partial charge in [0.2, 0.25) is 0 Å². The van der Waals surface area contributed by atoms with Gasteiger partial charge in [-0.1, -0.05) is 35.9 Å². The van der Waals surface area contributed by atoms with Crippen LogP contribution in [0.2, 0.25) is 5.02 Å². The summed E-state index contributed by atoms with van der Waals surface area (Å²) in [6, 6.07) is 13.9. The van der Waals surface area contributed by atoms with Gasteiger partial charge in [-0.15, -0.1) is 0 Å². The van der Waals surface area contributed by atoms with E-state index >= 15 is 0 Å². The first-order valence-electron chi connectivity index (χ1n) is 9.20. The molecule has 0 saturated carbocycles. The summed E-state index contributed by atoms with van der Waals surface area (Å²) in [6.45, 7) is 2.20. The van der Waals surface area contributed by atoms with Gasteiger partial charge < -0.3 is 14.5 Å². The Hall–Kier alpha value is -2.60. The monoisotopic (exact) mass is 404 g/mol. The molecule has 3 rings (SSSR count). The van der Waals surface area contributed by atoms with Gasteiger partial charge in [0, 0.05) is 43.3 Å². The van der Waals surface area contributed by atoms with Crippen molar-refractivity contribution in [3.8, 4) is 0 Å². The summed E-state index contributed by atoms with van der Waals surface area (Å²) in [5.41, 5.74) is 1.49. The normalized spacial score (nSPS) is 14.1. The number of halogens is 2. The lowest BCUT2D eigenvalue weighted by atomic mass is 10.1. The van der Waals surface area contributed by atoms with Crippen molar-refractivity contribution in [1.82, 2.24) is 4.90 Å². The van der Waals surface area contributed by atoms with Crippen LogP contribution < -0.4 is 4.90 Å². The van der Waals surface area contributed by atoms with Crippen LogP contribution in [0.5, 0.6) is 0 Å². The predicted molar refractivity (Wildman–Crippen MR) is 106 cm³/mol. The molecule has 148 valence electrons. The number of anilines is 1. The van der Waals surface area contributed by atoms with Gasteiger partial charge in [0.25, 0.3) is 5.91 Å². The summed E-state index contributed by atoms with van der Waals surface area (Å²) in [6.07, 6.45) is 0.286. The molecule has 2 aromatic rings. The number of nitrogens with zero attached hydrogens (tertiary/aromatic N) is 2. The minimum absolute atomic E-state index is 0.0385. The Balaban J connectivity index is 1.39. The van der Waals surface area contributed by atoms with E-state index in [4.69, 9.17) is 16.3 Å². The lowest BCUT2D eigenvalue weighted by Crippen LogP contribution is -2.49. The second-order valence-corrected chi connectivity index (χ2v) is 7.04. The maximum absolute atomic E-state index is 13.5. The third-order valence-electron chi connectivity index (χ3n) is 4.72. The maximum Gasteiger partial charge on any atom is 0.306 e. The zero-order valence-corrected chi connectivity index (χ0v) is 16.2. The van der Waals surface area contributed by atoms with E-state index in [0.717, 1.165) is 5.69 Å². The highest BCUT2D eigenvalue weighted by Crippen LogP contribution is 2.20. The first-order chi connectivity index (χ1) is 13.5. The van der Waals surface area contributed by atoms with Crippen LogP contribution in [-0.4, -0.2) is 49.6 Å². The average Bonchev–Trinajstić information content (AvgIpc) is 2.71. The van der Waals surface area contributed by atoms with Crippen LogP contribution in [0, 0.1) is 5.82 Å². The highest BCUT2D eigenvalue weighted by molar-refractivity contribution is 6.30. The van der Waals surface area contributed by atoms with Gasteiger partial charge >= 0.3 is 5.97 Å². The van der Waals surface area contributed by atoms with Crippen molar-refractivity contribution in [1.29, 1.82) is 0 Å². The van der Waals surface area contributed by atoms with E-state index in [1.807, 2.05) is 24.3 Å². The van der Waals surface area contributed by atoms with Crippen LogP contribution in [0.1, 0.15) is 12.0 Å². The van der Waals surface area contributed by atoms with Gasteiger partial charge in [0.1, 0.15) is 5.82 Å². The molecule has 1 saturated heterocycles. The van der Waals surface area contributed by atoms with Crippen LogP contribution in [0.25, 0.3) is 0 Å². The van der Waals surface area contributed by atoms with E-state index in [1.165, 1.54) is 6.07 Å². The molecule has 28 heavy (non-hydrogen) atoms. The van der Waals surface area contributed by atoms with Gasteiger partial charge in [-0.25, -0.2) is 4.39 Å². The van der Waals surface area contributed by atoms with Gasteiger partial charge in [0.15, 0.2) is 6.61 Å². The van der Waals surface area contributed by atoms with Crippen LogP contribution in [0.15, 0.2) is 48.5 Å².